The Morgan fingerprint density at radius 3 is 2.54 bits per heavy atom. The third-order valence-electron chi connectivity index (χ3n) is 2.55. The first kappa shape index (κ1) is 8.95. The molecular weight excluding hydrogens is 178 g/mol. The van der Waals surface area contributed by atoms with E-state index in [0.717, 1.165) is 4.90 Å². The van der Waals surface area contributed by atoms with E-state index in [9.17, 15) is 0 Å². The summed E-state index contributed by atoms with van der Waals surface area (Å²) in [4.78, 5) is 3.51. The molecule has 1 aromatic carbocycles. The van der Waals surface area contributed by atoms with Gasteiger partial charge >= 0.3 is 0 Å². The molecule has 0 aliphatic carbocycles. The Labute approximate surface area is 85.2 Å². The van der Waals surface area contributed by atoms with Crippen molar-refractivity contribution in [2.75, 3.05) is 18.0 Å². The highest BCUT2D eigenvalue weighted by Crippen LogP contribution is 2.21. The van der Waals surface area contributed by atoms with E-state index in [2.05, 4.69) is 35.7 Å². The summed E-state index contributed by atoms with van der Waals surface area (Å²) in [5.41, 5.74) is 1.33. The third-order valence-corrected chi connectivity index (χ3v) is 2.83. The van der Waals surface area contributed by atoms with Crippen molar-refractivity contribution in [3.63, 3.8) is 0 Å². The summed E-state index contributed by atoms with van der Waals surface area (Å²) in [6.07, 6.45) is 4.05. The van der Waals surface area contributed by atoms with Crippen LogP contribution in [0.4, 0.5) is 5.69 Å². The molecule has 0 atom stereocenters. The highest BCUT2D eigenvalue weighted by Gasteiger charge is 2.10. The van der Waals surface area contributed by atoms with Gasteiger partial charge in [0.25, 0.3) is 0 Å². The molecule has 1 nitrogen and oxygen atoms in total. The zero-order valence-electron chi connectivity index (χ0n) is 7.74. The number of anilines is 1. The minimum atomic E-state index is 1.06. The van der Waals surface area contributed by atoms with E-state index in [1.807, 2.05) is 6.07 Å². The average molecular weight is 193 g/mol. The molecule has 13 heavy (non-hydrogen) atoms. The highest BCUT2D eigenvalue weighted by atomic mass is 32.1. The maximum atomic E-state index is 4.35. The summed E-state index contributed by atoms with van der Waals surface area (Å²) in [6, 6.07) is 8.42. The van der Waals surface area contributed by atoms with Gasteiger partial charge in [-0.3, -0.25) is 0 Å². The normalized spacial score (nSPS) is 17.5. The van der Waals surface area contributed by atoms with Gasteiger partial charge in [0.2, 0.25) is 0 Å². The quantitative estimate of drug-likeness (QED) is 0.671. The number of nitrogens with zero attached hydrogens (tertiary/aromatic N) is 1. The average Bonchev–Trinajstić information content (AvgIpc) is 2.19. The van der Waals surface area contributed by atoms with Gasteiger partial charge in [0, 0.05) is 23.7 Å². The number of thiol groups is 1. The largest absolute Gasteiger partial charge is 0.372 e. The van der Waals surface area contributed by atoms with E-state index in [-0.39, 0.29) is 0 Å². The first-order valence-electron chi connectivity index (χ1n) is 4.90. The molecule has 1 aliphatic heterocycles. The van der Waals surface area contributed by atoms with Crippen LogP contribution in [-0.2, 0) is 0 Å². The standard InChI is InChI=1S/C11H15NS/c13-11-6-4-5-10(9-11)12-7-2-1-3-8-12/h4-6,9,13H,1-3,7-8H2. The SMILES string of the molecule is Sc1cccc(N2CCCCC2)c1. The molecule has 1 fully saturated rings. The number of benzene rings is 1. The van der Waals surface area contributed by atoms with Crippen molar-refractivity contribution in [1.29, 1.82) is 0 Å². The molecule has 0 spiro atoms. The molecule has 0 radical (unpaired) electrons. The lowest BCUT2D eigenvalue weighted by atomic mass is 10.1. The second kappa shape index (κ2) is 4.05. The predicted octanol–water partition coefficient (Wildman–Crippen LogP) is 2.97. The van der Waals surface area contributed by atoms with Gasteiger partial charge in [-0.2, -0.15) is 0 Å². The number of hydrogen-bond donors (Lipinski definition) is 1. The van der Waals surface area contributed by atoms with Crippen LogP contribution in [0.25, 0.3) is 0 Å². The maximum Gasteiger partial charge on any atom is 0.0377 e. The monoisotopic (exact) mass is 193 g/mol. The van der Waals surface area contributed by atoms with Crippen LogP contribution < -0.4 is 4.90 Å². The topological polar surface area (TPSA) is 3.24 Å². The molecule has 1 heterocycles. The first-order chi connectivity index (χ1) is 6.36. The van der Waals surface area contributed by atoms with Gasteiger partial charge in [-0.25, -0.2) is 0 Å². The fourth-order valence-corrected chi connectivity index (χ4v) is 2.06. The second-order valence-electron chi connectivity index (χ2n) is 3.57. The molecule has 1 saturated heterocycles. The van der Waals surface area contributed by atoms with E-state index in [1.165, 1.54) is 38.0 Å². The van der Waals surface area contributed by atoms with Crippen molar-refractivity contribution in [2.45, 2.75) is 24.2 Å². The van der Waals surface area contributed by atoms with Crippen molar-refractivity contribution in [3.05, 3.63) is 24.3 Å². The van der Waals surface area contributed by atoms with Gasteiger partial charge < -0.3 is 4.90 Å². The van der Waals surface area contributed by atoms with E-state index in [0.29, 0.717) is 0 Å². The molecule has 1 aliphatic rings. The zero-order valence-corrected chi connectivity index (χ0v) is 8.63. The summed E-state index contributed by atoms with van der Waals surface area (Å²) < 4.78 is 0. The smallest absolute Gasteiger partial charge is 0.0377 e. The Morgan fingerprint density at radius 2 is 1.85 bits per heavy atom. The van der Waals surface area contributed by atoms with E-state index >= 15 is 0 Å². The van der Waals surface area contributed by atoms with Crippen LogP contribution in [0.15, 0.2) is 29.2 Å². The van der Waals surface area contributed by atoms with Crippen molar-refractivity contribution in [2.24, 2.45) is 0 Å². The van der Waals surface area contributed by atoms with Crippen LogP contribution in [0.1, 0.15) is 19.3 Å². The fourth-order valence-electron chi connectivity index (χ4n) is 1.84. The summed E-state index contributed by atoms with van der Waals surface area (Å²) in [6.45, 7) is 2.41. The third kappa shape index (κ3) is 2.19. The number of rotatable bonds is 1. The molecule has 0 N–H and O–H groups in total. The molecule has 0 unspecified atom stereocenters. The summed E-state index contributed by atoms with van der Waals surface area (Å²) in [5, 5.41) is 0. The minimum Gasteiger partial charge on any atom is -0.372 e. The fraction of sp³-hybridized carbons (Fsp3) is 0.455. The summed E-state index contributed by atoms with van der Waals surface area (Å²) >= 11 is 4.35. The highest BCUT2D eigenvalue weighted by molar-refractivity contribution is 7.80. The van der Waals surface area contributed by atoms with Crippen LogP contribution >= 0.6 is 12.6 Å². The van der Waals surface area contributed by atoms with Crippen LogP contribution in [-0.4, -0.2) is 13.1 Å². The summed E-state index contributed by atoms with van der Waals surface area (Å²) in [5.74, 6) is 0. The van der Waals surface area contributed by atoms with Crippen LogP contribution in [0.3, 0.4) is 0 Å². The molecular formula is C11H15NS. The van der Waals surface area contributed by atoms with Crippen LogP contribution in [0.5, 0.6) is 0 Å². The number of piperidine rings is 1. The maximum absolute atomic E-state index is 4.35. The van der Waals surface area contributed by atoms with Gasteiger partial charge in [-0.05, 0) is 37.5 Å². The minimum absolute atomic E-state index is 1.06. The van der Waals surface area contributed by atoms with E-state index in [4.69, 9.17) is 0 Å². The summed E-state index contributed by atoms with van der Waals surface area (Å²) in [7, 11) is 0. The Balaban J connectivity index is 2.14. The van der Waals surface area contributed by atoms with E-state index < -0.39 is 0 Å². The van der Waals surface area contributed by atoms with Crippen molar-refractivity contribution < 1.29 is 0 Å². The molecule has 0 saturated carbocycles. The Bertz CT molecular complexity index is 279. The molecule has 0 bridgehead atoms. The van der Waals surface area contributed by atoms with Crippen molar-refractivity contribution >= 4 is 18.3 Å². The van der Waals surface area contributed by atoms with Gasteiger partial charge in [0.1, 0.15) is 0 Å². The molecule has 0 aromatic heterocycles. The lowest BCUT2D eigenvalue weighted by Gasteiger charge is -2.28. The lowest BCUT2D eigenvalue weighted by molar-refractivity contribution is 0.577. The molecule has 70 valence electrons. The van der Waals surface area contributed by atoms with Gasteiger partial charge in [0.15, 0.2) is 0 Å². The van der Waals surface area contributed by atoms with Crippen molar-refractivity contribution in [1.82, 2.24) is 0 Å². The Morgan fingerprint density at radius 1 is 1.08 bits per heavy atom. The molecule has 0 amide bonds. The molecule has 2 heteroatoms. The molecule has 2 rings (SSSR count). The van der Waals surface area contributed by atoms with Gasteiger partial charge in [-0.15, -0.1) is 12.6 Å². The van der Waals surface area contributed by atoms with Gasteiger partial charge in [-0.1, -0.05) is 6.07 Å². The van der Waals surface area contributed by atoms with Crippen LogP contribution in [0, 0.1) is 0 Å². The first-order valence-corrected chi connectivity index (χ1v) is 5.35. The number of hydrogen-bond acceptors (Lipinski definition) is 2. The van der Waals surface area contributed by atoms with Crippen molar-refractivity contribution in [3.8, 4) is 0 Å². The second-order valence-corrected chi connectivity index (χ2v) is 4.08. The Kier molecular flexibility index (Phi) is 2.79. The predicted molar refractivity (Wildman–Crippen MR) is 59.8 cm³/mol. The van der Waals surface area contributed by atoms with Crippen LogP contribution in [0.2, 0.25) is 0 Å². The van der Waals surface area contributed by atoms with Gasteiger partial charge in [0.05, 0.1) is 0 Å². The molecule has 1 aromatic rings. The van der Waals surface area contributed by atoms with E-state index in [1.54, 1.807) is 0 Å². The lowest BCUT2D eigenvalue weighted by Crippen LogP contribution is -2.29. The zero-order chi connectivity index (χ0) is 9.10. The Hall–Kier alpha value is -0.630.